The summed E-state index contributed by atoms with van der Waals surface area (Å²) in [6.07, 6.45) is 2.63. The maximum Gasteiger partial charge on any atom is 0.191 e. The summed E-state index contributed by atoms with van der Waals surface area (Å²) < 4.78 is 7.80. The molecule has 138 valence electrons. The van der Waals surface area contributed by atoms with Gasteiger partial charge in [0.1, 0.15) is 24.5 Å². The molecule has 0 aliphatic heterocycles. The first kappa shape index (κ1) is 21.2. The van der Waals surface area contributed by atoms with Crippen molar-refractivity contribution in [2.75, 3.05) is 26.7 Å². The second-order valence-electron chi connectivity index (χ2n) is 5.33. The third kappa shape index (κ3) is 6.89. The number of aryl methyl sites for hydroxylation is 2. The molecule has 0 atom stereocenters. The molecule has 1 heterocycles. The number of benzene rings is 1. The van der Waals surface area contributed by atoms with Gasteiger partial charge in [0.15, 0.2) is 5.96 Å². The van der Waals surface area contributed by atoms with Crippen molar-refractivity contribution in [2.24, 2.45) is 4.99 Å². The van der Waals surface area contributed by atoms with E-state index in [0.717, 1.165) is 42.6 Å². The maximum absolute atomic E-state index is 5.76. The Morgan fingerprint density at radius 1 is 1.24 bits per heavy atom. The van der Waals surface area contributed by atoms with Crippen LogP contribution in [0.1, 0.15) is 18.3 Å². The predicted molar refractivity (Wildman–Crippen MR) is 111 cm³/mol. The van der Waals surface area contributed by atoms with Crippen LogP contribution in [0.2, 0.25) is 0 Å². The van der Waals surface area contributed by atoms with E-state index in [1.165, 1.54) is 0 Å². The number of aromatic nitrogens is 3. The molecule has 1 aromatic heterocycles. The van der Waals surface area contributed by atoms with Crippen LogP contribution in [0.4, 0.5) is 0 Å². The fourth-order valence-electron chi connectivity index (χ4n) is 2.30. The third-order valence-electron chi connectivity index (χ3n) is 3.63. The number of nitrogens with zero attached hydrogens (tertiary/aromatic N) is 4. The molecule has 0 saturated carbocycles. The maximum atomic E-state index is 5.76. The van der Waals surface area contributed by atoms with E-state index in [2.05, 4.69) is 32.7 Å². The highest BCUT2D eigenvalue weighted by molar-refractivity contribution is 14.0. The molecule has 8 heteroatoms. The Labute approximate surface area is 166 Å². The van der Waals surface area contributed by atoms with Gasteiger partial charge in [-0.2, -0.15) is 0 Å². The number of hydrogen-bond acceptors (Lipinski definition) is 4. The van der Waals surface area contributed by atoms with E-state index in [1.807, 2.05) is 35.8 Å². The van der Waals surface area contributed by atoms with E-state index in [1.54, 1.807) is 13.4 Å². The summed E-state index contributed by atoms with van der Waals surface area (Å²) in [5, 5.41) is 14.5. The van der Waals surface area contributed by atoms with Gasteiger partial charge < -0.3 is 19.9 Å². The molecule has 0 amide bonds. The Bertz CT molecular complexity index is 658. The molecule has 0 unspecified atom stereocenters. The molecule has 0 aliphatic carbocycles. The van der Waals surface area contributed by atoms with Gasteiger partial charge in [0, 0.05) is 26.6 Å². The summed E-state index contributed by atoms with van der Waals surface area (Å²) >= 11 is 0. The van der Waals surface area contributed by atoms with Gasteiger partial charge in [0.05, 0.1) is 6.54 Å². The summed E-state index contributed by atoms with van der Waals surface area (Å²) in [5.41, 5.74) is 1.14. The van der Waals surface area contributed by atoms with Crippen molar-refractivity contribution in [3.8, 4) is 5.75 Å². The second kappa shape index (κ2) is 11.7. The van der Waals surface area contributed by atoms with E-state index < -0.39 is 0 Å². The van der Waals surface area contributed by atoms with Crippen molar-refractivity contribution in [3.63, 3.8) is 0 Å². The highest BCUT2D eigenvalue weighted by atomic mass is 127. The van der Waals surface area contributed by atoms with Gasteiger partial charge in [0.25, 0.3) is 0 Å². The minimum Gasteiger partial charge on any atom is -0.491 e. The number of rotatable bonds is 8. The zero-order valence-corrected chi connectivity index (χ0v) is 17.4. The van der Waals surface area contributed by atoms with Gasteiger partial charge in [-0.25, -0.2) is 0 Å². The third-order valence-corrected chi connectivity index (χ3v) is 3.63. The van der Waals surface area contributed by atoms with Crippen LogP contribution in [-0.2, 0) is 13.0 Å². The van der Waals surface area contributed by atoms with Crippen molar-refractivity contribution >= 4 is 29.9 Å². The highest BCUT2D eigenvalue weighted by Gasteiger charge is 2.02. The summed E-state index contributed by atoms with van der Waals surface area (Å²) in [4.78, 5) is 4.21. The van der Waals surface area contributed by atoms with Crippen molar-refractivity contribution in [1.29, 1.82) is 0 Å². The van der Waals surface area contributed by atoms with Gasteiger partial charge in [-0.3, -0.25) is 4.99 Å². The molecular formula is C17H27IN6O. The molecule has 2 N–H and O–H groups in total. The SMILES string of the molecule is CCc1nncn1CCNC(=NC)NCCOc1ccccc1C.I. The zero-order valence-electron chi connectivity index (χ0n) is 15.0. The fourth-order valence-corrected chi connectivity index (χ4v) is 2.30. The minimum absolute atomic E-state index is 0. The van der Waals surface area contributed by atoms with Crippen molar-refractivity contribution in [1.82, 2.24) is 25.4 Å². The Balaban J connectivity index is 0.00000312. The van der Waals surface area contributed by atoms with E-state index in [0.29, 0.717) is 13.2 Å². The molecule has 2 aromatic rings. The number of aliphatic imine (C=N–C) groups is 1. The van der Waals surface area contributed by atoms with Crippen LogP contribution >= 0.6 is 24.0 Å². The van der Waals surface area contributed by atoms with Gasteiger partial charge in [-0.15, -0.1) is 34.2 Å². The van der Waals surface area contributed by atoms with Crippen LogP contribution in [0, 0.1) is 6.92 Å². The van der Waals surface area contributed by atoms with Crippen LogP contribution in [0.25, 0.3) is 0 Å². The lowest BCUT2D eigenvalue weighted by atomic mass is 10.2. The summed E-state index contributed by atoms with van der Waals surface area (Å²) in [6, 6.07) is 8.00. The lowest BCUT2D eigenvalue weighted by Crippen LogP contribution is -2.40. The number of nitrogens with one attached hydrogen (secondary N) is 2. The minimum atomic E-state index is 0. The second-order valence-corrected chi connectivity index (χ2v) is 5.33. The standard InChI is InChI=1S/C17H26N6O.HI/c1-4-16-22-21-13-23(16)11-9-19-17(18-3)20-10-12-24-15-8-6-5-7-14(15)2;/h5-8,13H,4,9-12H2,1-3H3,(H2,18,19,20);1H. The van der Waals surface area contributed by atoms with Gasteiger partial charge in [-0.05, 0) is 18.6 Å². The van der Waals surface area contributed by atoms with E-state index in [9.17, 15) is 0 Å². The Kier molecular flexibility index (Phi) is 9.90. The molecular weight excluding hydrogens is 431 g/mol. The molecule has 0 saturated heterocycles. The average molecular weight is 458 g/mol. The Morgan fingerprint density at radius 3 is 2.72 bits per heavy atom. The lowest BCUT2D eigenvalue weighted by Gasteiger charge is -2.13. The van der Waals surface area contributed by atoms with Crippen LogP contribution < -0.4 is 15.4 Å². The molecule has 25 heavy (non-hydrogen) atoms. The first-order valence-corrected chi connectivity index (χ1v) is 8.24. The topological polar surface area (TPSA) is 76.4 Å². The first-order valence-electron chi connectivity index (χ1n) is 8.24. The average Bonchev–Trinajstić information content (AvgIpc) is 3.06. The zero-order chi connectivity index (χ0) is 17.2. The molecule has 0 fully saturated rings. The smallest absolute Gasteiger partial charge is 0.191 e. The van der Waals surface area contributed by atoms with Crippen molar-refractivity contribution < 1.29 is 4.74 Å². The fraction of sp³-hybridized carbons (Fsp3) is 0.471. The predicted octanol–water partition coefficient (Wildman–Crippen LogP) is 2.01. The summed E-state index contributed by atoms with van der Waals surface area (Å²) in [7, 11) is 1.76. The first-order chi connectivity index (χ1) is 11.7. The number of halogens is 1. The van der Waals surface area contributed by atoms with Crippen LogP contribution in [0.5, 0.6) is 5.75 Å². The molecule has 0 spiro atoms. The monoisotopic (exact) mass is 458 g/mol. The van der Waals surface area contributed by atoms with E-state index >= 15 is 0 Å². The van der Waals surface area contributed by atoms with Gasteiger partial charge in [-0.1, -0.05) is 25.1 Å². The molecule has 1 aromatic carbocycles. The number of para-hydroxylation sites is 1. The van der Waals surface area contributed by atoms with Crippen LogP contribution in [-0.4, -0.2) is 47.5 Å². The van der Waals surface area contributed by atoms with Crippen molar-refractivity contribution in [3.05, 3.63) is 42.0 Å². The largest absolute Gasteiger partial charge is 0.491 e. The Hall–Kier alpha value is -1.84. The highest BCUT2D eigenvalue weighted by Crippen LogP contribution is 2.15. The van der Waals surface area contributed by atoms with Crippen LogP contribution in [0.3, 0.4) is 0 Å². The summed E-state index contributed by atoms with van der Waals surface area (Å²) in [6.45, 7) is 6.93. The molecule has 0 bridgehead atoms. The Morgan fingerprint density at radius 2 is 2.00 bits per heavy atom. The van der Waals surface area contributed by atoms with Crippen LogP contribution in [0.15, 0.2) is 35.6 Å². The van der Waals surface area contributed by atoms with E-state index in [-0.39, 0.29) is 24.0 Å². The quantitative estimate of drug-likeness (QED) is 0.274. The van der Waals surface area contributed by atoms with Crippen molar-refractivity contribution in [2.45, 2.75) is 26.8 Å². The summed E-state index contributed by atoms with van der Waals surface area (Å²) in [5.74, 6) is 2.67. The molecule has 0 aliphatic rings. The number of ether oxygens (including phenoxy) is 1. The number of guanidine groups is 1. The van der Waals surface area contributed by atoms with E-state index in [4.69, 9.17) is 4.74 Å². The molecule has 0 radical (unpaired) electrons. The van der Waals surface area contributed by atoms with Gasteiger partial charge in [0.2, 0.25) is 0 Å². The molecule has 7 nitrogen and oxygen atoms in total. The van der Waals surface area contributed by atoms with Gasteiger partial charge >= 0.3 is 0 Å². The molecule has 2 rings (SSSR count). The number of hydrogen-bond donors (Lipinski definition) is 2. The normalized spacial score (nSPS) is 10.9. The lowest BCUT2D eigenvalue weighted by molar-refractivity contribution is 0.320.